The number of aliphatic carboxylic acids is 1. The molecular weight excluding hydrogens is 356 g/mol. The highest BCUT2D eigenvalue weighted by atomic mass is 16.4. The summed E-state index contributed by atoms with van der Waals surface area (Å²) in [6, 6.07) is 0. The molecule has 0 aromatic carbocycles. The van der Waals surface area contributed by atoms with Crippen molar-refractivity contribution in [2.24, 2.45) is 23.2 Å². The molecule has 5 heteroatoms. The number of unbranched alkanes of at least 4 members (excludes halogenated alkanes) is 1. The molecule has 0 spiro atoms. The van der Waals surface area contributed by atoms with Crippen LogP contribution in [0.3, 0.4) is 0 Å². The van der Waals surface area contributed by atoms with E-state index >= 15 is 0 Å². The molecule has 5 nitrogen and oxygen atoms in total. The first kappa shape index (κ1) is 23.6. The van der Waals surface area contributed by atoms with E-state index in [9.17, 15) is 20.1 Å². The maximum absolute atomic E-state index is 10.9. The smallest absolute Gasteiger partial charge is 0.303 e. The Bertz CT molecular complexity index is 472. The Morgan fingerprint density at radius 2 is 1.61 bits per heavy atom. The Kier molecular flexibility index (Phi) is 9.23. The van der Waals surface area contributed by atoms with Gasteiger partial charge in [0.1, 0.15) is 0 Å². The van der Waals surface area contributed by atoms with Gasteiger partial charge in [0.05, 0.1) is 24.7 Å². The third-order valence-electron chi connectivity index (χ3n) is 7.28. The summed E-state index contributed by atoms with van der Waals surface area (Å²) in [6.45, 7) is 3.98. The lowest BCUT2D eigenvalue weighted by Crippen LogP contribution is -2.27. The topological polar surface area (TPSA) is 98.0 Å². The second kappa shape index (κ2) is 10.9. The van der Waals surface area contributed by atoms with Crippen molar-refractivity contribution < 1.29 is 25.2 Å². The molecule has 2 fully saturated rings. The molecule has 0 radical (unpaired) electrons. The summed E-state index contributed by atoms with van der Waals surface area (Å²) in [6.07, 6.45) is 10.5. The number of rotatable bonds is 11. The maximum Gasteiger partial charge on any atom is 0.303 e. The second-order valence-electron chi connectivity index (χ2n) is 10.2. The lowest BCUT2D eigenvalue weighted by Gasteiger charge is -2.29. The fourth-order valence-corrected chi connectivity index (χ4v) is 5.58. The fraction of sp³-hybridized carbons (Fsp3) is 0.957. The molecule has 0 aliphatic heterocycles. The van der Waals surface area contributed by atoms with E-state index in [-0.39, 0.29) is 29.8 Å². The molecule has 0 aromatic rings. The molecular formula is C23H42O5. The SMILES string of the molecule is CC(C)(CCCC[C@@H]1[C@@H](CCC(O)C2CCCCC2)[C@H](O)C[C@@H]1O)CC(=O)O. The third kappa shape index (κ3) is 7.31. The van der Waals surface area contributed by atoms with Gasteiger partial charge in [0, 0.05) is 0 Å². The summed E-state index contributed by atoms with van der Waals surface area (Å²) >= 11 is 0. The van der Waals surface area contributed by atoms with Crippen LogP contribution in [0.1, 0.15) is 97.3 Å². The van der Waals surface area contributed by atoms with E-state index in [1.807, 2.05) is 13.8 Å². The van der Waals surface area contributed by atoms with Gasteiger partial charge in [-0.15, -0.1) is 0 Å². The van der Waals surface area contributed by atoms with Gasteiger partial charge in [-0.25, -0.2) is 0 Å². The van der Waals surface area contributed by atoms with Crippen LogP contribution < -0.4 is 0 Å². The van der Waals surface area contributed by atoms with Gasteiger partial charge in [-0.05, 0) is 68.1 Å². The molecule has 5 atom stereocenters. The summed E-state index contributed by atoms with van der Waals surface area (Å²) in [7, 11) is 0. The fourth-order valence-electron chi connectivity index (χ4n) is 5.58. The quantitative estimate of drug-likeness (QED) is 0.392. The molecule has 0 bridgehead atoms. The van der Waals surface area contributed by atoms with Crippen LogP contribution in [-0.4, -0.2) is 44.7 Å². The van der Waals surface area contributed by atoms with Gasteiger partial charge >= 0.3 is 5.97 Å². The summed E-state index contributed by atoms with van der Waals surface area (Å²) < 4.78 is 0. The predicted octanol–water partition coefficient (Wildman–Crippen LogP) is 4.13. The highest BCUT2D eigenvalue weighted by Crippen LogP contribution is 2.40. The Hall–Kier alpha value is -0.650. The molecule has 0 aromatic heterocycles. The minimum absolute atomic E-state index is 0.0697. The molecule has 2 aliphatic rings. The molecule has 1 unspecified atom stereocenters. The van der Waals surface area contributed by atoms with E-state index in [0.717, 1.165) is 51.4 Å². The van der Waals surface area contributed by atoms with Gasteiger partial charge in [0.15, 0.2) is 0 Å². The Morgan fingerprint density at radius 1 is 1.00 bits per heavy atom. The van der Waals surface area contributed by atoms with Gasteiger partial charge in [-0.2, -0.15) is 0 Å². The van der Waals surface area contributed by atoms with Gasteiger partial charge in [-0.1, -0.05) is 46.0 Å². The number of hydrogen-bond donors (Lipinski definition) is 4. The van der Waals surface area contributed by atoms with E-state index in [0.29, 0.717) is 12.3 Å². The number of hydrogen-bond acceptors (Lipinski definition) is 4. The van der Waals surface area contributed by atoms with E-state index < -0.39 is 18.2 Å². The monoisotopic (exact) mass is 398 g/mol. The minimum Gasteiger partial charge on any atom is -0.481 e. The molecule has 28 heavy (non-hydrogen) atoms. The van der Waals surface area contributed by atoms with Crippen LogP contribution in [0.2, 0.25) is 0 Å². The van der Waals surface area contributed by atoms with Crippen LogP contribution in [0, 0.1) is 23.2 Å². The van der Waals surface area contributed by atoms with Crippen LogP contribution in [0.5, 0.6) is 0 Å². The summed E-state index contributed by atoms with van der Waals surface area (Å²) in [5.74, 6) is -0.181. The Labute approximate surface area is 170 Å². The number of carboxylic acid groups (broad SMARTS) is 1. The molecule has 0 saturated heterocycles. The van der Waals surface area contributed by atoms with Crippen molar-refractivity contribution in [3.63, 3.8) is 0 Å². The molecule has 2 rings (SSSR count). The van der Waals surface area contributed by atoms with Crippen molar-refractivity contribution in [2.45, 2.75) is 116 Å². The molecule has 4 N–H and O–H groups in total. The molecule has 164 valence electrons. The number of aliphatic hydroxyl groups excluding tert-OH is 3. The summed E-state index contributed by atoms with van der Waals surface area (Å²) in [4.78, 5) is 10.9. The lowest BCUT2D eigenvalue weighted by atomic mass is 9.79. The van der Waals surface area contributed by atoms with Crippen molar-refractivity contribution >= 4 is 5.97 Å². The standard InChI is InChI=1S/C23H42O5/c1-23(2,15-22(27)28)13-7-6-10-17-18(21(26)14-20(17)25)11-12-19(24)16-8-4-3-5-9-16/h16-21,24-26H,3-15H2,1-2H3,(H,27,28)/t17-,18-,19?,20+,21-/m1/s1. The highest BCUT2D eigenvalue weighted by Gasteiger charge is 2.41. The van der Waals surface area contributed by atoms with Crippen LogP contribution in [0.4, 0.5) is 0 Å². The van der Waals surface area contributed by atoms with Crippen LogP contribution in [-0.2, 0) is 4.79 Å². The predicted molar refractivity (Wildman–Crippen MR) is 110 cm³/mol. The van der Waals surface area contributed by atoms with Crippen LogP contribution in [0.25, 0.3) is 0 Å². The van der Waals surface area contributed by atoms with Crippen molar-refractivity contribution in [1.82, 2.24) is 0 Å². The zero-order chi connectivity index (χ0) is 20.7. The maximum atomic E-state index is 10.9. The molecule has 2 saturated carbocycles. The van der Waals surface area contributed by atoms with Crippen molar-refractivity contribution in [2.75, 3.05) is 0 Å². The molecule has 0 amide bonds. The first-order valence-corrected chi connectivity index (χ1v) is 11.5. The van der Waals surface area contributed by atoms with E-state index in [4.69, 9.17) is 5.11 Å². The highest BCUT2D eigenvalue weighted by molar-refractivity contribution is 5.67. The number of aliphatic hydroxyl groups is 3. The van der Waals surface area contributed by atoms with E-state index in [1.165, 1.54) is 19.3 Å². The van der Waals surface area contributed by atoms with Gasteiger partial charge < -0.3 is 20.4 Å². The zero-order valence-electron chi connectivity index (χ0n) is 17.9. The van der Waals surface area contributed by atoms with Crippen LogP contribution >= 0.6 is 0 Å². The number of carbonyl (C=O) groups is 1. The van der Waals surface area contributed by atoms with Gasteiger partial charge in [-0.3, -0.25) is 4.79 Å². The summed E-state index contributed by atoms with van der Waals surface area (Å²) in [5, 5.41) is 40.4. The molecule has 2 aliphatic carbocycles. The van der Waals surface area contributed by atoms with E-state index in [1.54, 1.807) is 0 Å². The second-order valence-corrected chi connectivity index (χ2v) is 10.2. The third-order valence-corrected chi connectivity index (χ3v) is 7.28. The largest absolute Gasteiger partial charge is 0.481 e. The number of carboxylic acids is 1. The van der Waals surface area contributed by atoms with Crippen molar-refractivity contribution in [3.8, 4) is 0 Å². The first-order chi connectivity index (χ1) is 13.2. The Balaban J connectivity index is 1.76. The minimum atomic E-state index is -0.754. The van der Waals surface area contributed by atoms with E-state index in [2.05, 4.69) is 0 Å². The average Bonchev–Trinajstić information content (AvgIpc) is 2.89. The normalized spacial score (nSPS) is 30.5. The summed E-state index contributed by atoms with van der Waals surface area (Å²) in [5.41, 5.74) is -0.205. The zero-order valence-corrected chi connectivity index (χ0v) is 17.9. The van der Waals surface area contributed by atoms with Gasteiger partial charge in [0.2, 0.25) is 0 Å². The first-order valence-electron chi connectivity index (χ1n) is 11.5. The van der Waals surface area contributed by atoms with Crippen molar-refractivity contribution in [1.29, 1.82) is 0 Å². The van der Waals surface area contributed by atoms with Gasteiger partial charge in [0.25, 0.3) is 0 Å². The van der Waals surface area contributed by atoms with Crippen LogP contribution in [0.15, 0.2) is 0 Å². The Morgan fingerprint density at radius 3 is 2.21 bits per heavy atom. The molecule has 0 heterocycles. The average molecular weight is 399 g/mol. The van der Waals surface area contributed by atoms with Crippen molar-refractivity contribution in [3.05, 3.63) is 0 Å². The lowest BCUT2D eigenvalue weighted by molar-refractivity contribution is -0.139.